The predicted molar refractivity (Wildman–Crippen MR) is 69.3 cm³/mol. The van der Waals surface area contributed by atoms with Gasteiger partial charge in [-0.1, -0.05) is 26.2 Å². The normalized spacial score (nSPS) is 14.6. The number of aromatic nitrogens is 1. The lowest BCUT2D eigenvalue weighted by Gasteiger charge is -2.19. The summed E-state index contributed by atoms with van der Waals surface area (Å²) < 4.78 is 12.7. The molecule has 0 aliphatic rings. The van der Waals surface area contributed by atoms with E-state index in [9.17, 15) is 4.39 Å². The van der Waals surface area contributed by atoms with E-state index in [0.717, 1.165) is 5.69 Å². The van der Waals surface area contributed by atoms with Crippen molar-refractivity contribution in [1.82, 2.24) is 10.3 Å². The van der Waals surface area contributed by atoms with Gasteiger partial charge in [-0.25, -0.2) is 4.39 Å². The highest BCUT2D eigenvalue weighted by molar-refractivity contribution is 5.09. The van der Waals surface area contributed by atoms with Gasteiger partial charge in [-0.3, -0.25) is 4.98 Å². The Morgan fingerprint density at radius 2 is 2.06 bits per heavy atom. The van der Waals surface area contributed by atoms with E-state index in [1.54, 1.807) is 6.07 Å². The van der Waals surface area contributed by atoms with Crippen LogP contribution in [0.4, 0.5) is 4.39 Å². The van der Waals surface area contributed by atoms with E-state index in [2.05, 4.69) is 31.1 Å². The first-order valence-electron chi connectivity index (χ1n) is 6.51. The third-order valence-electron chi connectivity index (χ3n) is 2.97. The summed E-state index contributed by atoms with van der Waals surface area (Å²) in [4.78, 5) is 4.09. The summed E-state index contributed by atoms with van der Waals surface area (Å²) in [5, 5.41) is 3.49. The Morgan fingerprint density at radius 1 is 1.29 bits per heavy atom. The Hall–Kier alpha value is -0.960. The van der Waals surface area contributed by atoms with E-state index >= 15 is 0 Å². The summed E-state index contributed by atoms with van der Waals surface area (Å²) >= 11 is 0. The van der Waals surface area contributed by atoms with Gasteiger partial charge in [0, 0.05) is 12.1 Å². The zero-order chi connectivity index (χ0) is 12.7. The second kappa shape index (κ2) is 7.38. The van der Waals surface area contributed by atoms with Crippen molar-refractivity contribution in [1.29, 1.82) is 0 Å². The van der Waals surface area contributed by atoms with Crippen molar-refractivity contribution in [3.63, 3.8) is 0 Å². The molecule has 0 saturated carbocycles. The zero-order valence-corrected chi connectivity index (χ0v) is 11.0. The molecule has 1 aromatic heterocycles. The maximum absolute atomic E-state index is 12.7. The van der Waals surface area contributed by atoms with Crippen molar-refractivity contribution in [3.05, 3.63) is 29.8 Å². The molecule has 1 aromatic rings. The smallest absolute Gasteiger partial charge is 0.141 e. The van der Waals surface area contributed by atoms with Gasteiger partial charge in [0.1, 0.15) is 5.82 Å². The molecule has 2 unspecified atom stereocenters. The predicted octanol–water partition coefficient (Wildman–Crippen LogP) is 3.84. The molecule has 0 spiro atoms. The second-order valence-electron chi connectivity index (χ2n) is 4.69. The summed E-state index contributed by atoms with van der Waals surface area (Å²) in [5.74, 6) is -0.281. The lowest BCUT2D eigenvalue weighted by atomic mass is 10.1. The Kier molecular flexibility index (Phi) is 6.12. The molecule has 3 heteroatoms. The van der Waals surface area contributed by atoms with Crippen molar-refractivity contribution in [2.24, 2.45) is 0 Å². The van der Waals surface area contributed by atoms with Gasteiger partial charge >= 0.3 is 0 Å². The molecule has 1 heterocycles. The number of hydrogen-bond acceptors (Lipinski definition) is 2. The molecule has 0 bridgehead atoms. The topological polar surface area (TPSA) is 24.9 Å². The van der Waals surface area contributed by atoms with Crippen LogP contribution in [-0.2, 0) is 0 Å². The van der Waals surface area contributed by atoms with E-state index in [-0.39, 0.29) is 11.9 Å². The van der Waals surface area contributed by atoms with Crippen LogP contribution >= 0.6 is 0 Å². The van der Waals surface area contributed by atoms with Gasteiger partial charge in [-0.15, -0.1) is 0 Å². The van der Waals surface area contributed by atoms with Crippen LogP contribution in [0.5, 0.6) is 0 Å². The highest BCUT2D eigenvalue weighted by Gasteiger charge is 2.10. The molecule has 1 rings (SSSR count). The minimum atomic E-state index is -0.281. The van der Waals surface area contributed by atoms with Gasteiger partial charge in [0.05, 0.1) is 11.9 Å². The number of unbranched alkanes of at least 4 members (excludes halogenated alkanes) is 2. The summed E-state index contributed by atoms with van der Waals surface area (Å²) in [6.45, 7) is 6.47. The summed E-state index contributed by atoms with van der Waals surface area (Å²) in [6.07, 6.45) is 6.25. The average Bonchev–Trinajstić information content (AvgIpc) is 2.30. The molecular weight excluding hydrogens is 215 g/mol. The molecule has 0 amide bonds. The minimum absolute atomic E-state index is 0.173. The lowest BCUT2D eigenvalue weighted by Crippen LogP contribution is -2.29. The van der Waals surface area contributed by atoms with Crippen LogP contribution in [0, 0.1) is 5.82 Å². The van der Waals surface area contributed by atoms with E-state index in [1.807, 2.05) is 0 Å². The van der Waals surface area contributed by atoms with Crippen LogP contribution in [0.15, 0.2) is 18.3 Å². The first kappa shape index (κ1) is 14.1. The fourth-order valence-corrected chi connectivity index (χ4v) is 1.94. The quantitative estimate of drug-likeness (QED) is 0.730. The molecule has 0 radical (unpaired) electrons. The molecule has 96 valence electrons. The monoisotopic (exact) mass is 238 g/mol. The fraction of sp³-hybridized carbons (Fsp3) is 0.643. The van der Waals surface area contributed by atoms with E-state index in [0.29, 0.717) is 6.04 Å². The minimum Gasteiger partial charge on any atom is -0.306 e. The number of rotatable bonds is 7. The van der Waals surface area contributed by atoms with E-state index in [1.165, 1.54) is 37.9 Å². The maximum atomic E-state index is 12.7. The van der Waals surface area contributed by atoms with Crippen molar-refractivity contribution in [3.8, 4) is 0 Å². The van der Waals surface area contributed by atoms with Crippen LogP contribution in [-0.4, -0.2) is 11.0 Å². The summed E-state index contributed by atoms with van der Waals surface area (Å²) in [6, 6.07) is 3.85. The summed E-state index contributed by atoms with van der Waals surface area (Å²) in [5.41, 5.74) is 0.897. The third kappa shape index (κ3) is 5.26. The Labute approximate surface area is 104 Å². The Balaban J connectivity index is 2.37. The van der Waals surface area contributed by atoms with Crippen LogP contribution in [0.2, 0.25) is 0 Å². The van der Waals surface area contributed by atoms with Gasteiger partial charge in [-0.2, -0.15) is 0 Å². The lowest BCUT2D eigenvalue weighted by molar-refractivity contribution is 0.434. The Bertz CT molecular complexity index is 311. The van der Waals surface area contributed by atoms with E-state index < -0.39 is 0 Å². The highest BCUT2D eigenvalue weighted by atomic mass is 19.1. The van der Waals surface area contributed by atoms with E-state index in [4.69, 9.17) is 0 Å². The second-order valence-corrected chi connectivity index (χ2v) is 4.69. The number of pyridine rings is 1. The van der Waals surface area contributed by atoms with Gasteiger partial charge in [0.15, 0.2) is 0 Å². The molecule has 1 N–H and O–H groups in total. The SMILES string of the molecule is CCCCCC(C)NC(C)c1ccc(F)cn1. The fourth-order valence-electron chi connectivity index (χ4n) is 1.94. The molecule has 2 nitrogen and oxygen atoms in total. The summed E-state index contributed by atoms with van der Waals surface area (Å²) in [7, 11) is 0. The molecule has 0 aromatic carbocycles. The molecule has 17 heavy (non-hydrogen) atoms. The number of nitrogens with zero attached hydrogens (tertiary/aromatic N) is 1. The van der Waals surface area contributed by atoms with Crippen molar-refractivity contribution < 1.29 is 4.39 Å². The standard InChI is InChI=1S/C14H23FN2/c1-4-5-6-7-11(2)17-12(3)14-9-8-13(15)10-16-14/h8-12,17H,4-7H2,1-3H3. The van der Waals surface area contributed by atoms with Crippen molar-refractivity contribution in [2.75, 3.05) is 0 Å². The molecular formula is C14H23FN2. The van der Waals surface area contributed by atoms with Crippen LogP contribution in [0.1, 0.15) is 58.2 Å². The zero-order valence-electron chi connectivity index (χ0n) is 11.0. The largest absolute Gasteiger partial charge is 0.306 e. The van der Waals surface area contributed by atoms with Gasteiger partial charge in [0.2, 0.25) is 0 Å². The van der Waals surface area contributed by atoms with Gasteiger partial charge < -0.3 is 5.32 Å². The molecule has 2 atom stereocenters. The number of halogens is 1. The average molecular weight is 238 g/mol. The molecule has 0 fully saturated rings. The van der Waals surface area contributed by atoms with Crippen molar-refractivity contribution in [2.45, 2.75) is 58.5 Å². The third-order valence-corrected chi connectivity index (χ3v) is 2.97. The first-order chi connectivity index (χ1) is 8.13. The van der Waals surface area contributed by atoms with Gasteiger partial charge in [-0.05, 0) is 32.4 Å². The number of nitrogens with one attached hydrogen (secondary N) is 1. The molecule has 0 aliphatic carbocycles. The highest BCUT2D eigenvalue weighted by Crippen LogP contribution is 2.12. The first-order valence-corrected chi connectivity index (χ1v) is 6.51. The maximum Gasteiger partial charge on any atom is 0.141 e. The van der Waals surface area contributed by atoms with Crippen LogP contribution in [0.3, 0.4) is 0 Å². The molecule has 0 saturated heterocycles. The Morgan fingerprint density at radius 3 is 2.65 bits per heavy atom. The van der Waals surface area contributed by atoms with Crippen molar-refractivity contribution >= 4 is 0 Å². The van der Waals surface area contributed by atoms with Crippen LogP contribution < -0.4 is 5.32 Å². The van der Waals surface area contributed by atoms with Gasteiger partial charge in [0.25, 0.3) is 0 Å². The molecule has 0 aliphatic heterocycles. The number of hydrogen-bond donors (Lipinski definition) is 1. The van der Waals surface area contributed by atoms with Crippen LogP contribution in [0.25, 0.3) is 0 Å².